The summed E-state index contributed by atoms with van der Waals surface area (Å²) < 4.78 is 0. The van der Waals surface area contributed by atoms with E-state index in [0.717, 1.165) is 0 Å². The minimum atomic E-state index is -0.735. The van der Waals surface area contributed by atoms with E-state index in [9.17, 15) is 19.2 Å². The van der Waals surface area contributed by atoms with Crippen molar-refractivity contribution < 1.29 is 19.2 Å². The van der Waals surface area contributed by atoms with Crippen molar-refractivity contribution in [1.82, 2.24) is 15.1 Å². The fraction of sp³-hybridized carbons (Fsp3) is 0.500. The smallest absolute Gasteiger partial charge is 0.242 e. The molecule has 9 heteroatoms. The molecule has 2 aliphatic rings. The third-order valence-electron chi connectivity index (χ3n) is 6.28. The molecule has 1 aromatic carbocycles. The van der Waals surface area contributed by atoms with Gasteiger partial charge in [-0.15, -0.1) is 0 Å². The van der Waals surface area contributed by atoms with Crippen LogP contribution in [-0.4, -0.2) is 52.6 Å². The predicted octanol–water partition coefficient (Wildman–Crippen LogP) is 3.58. The molecule has 178 valence electrons. The fourth-order valence-electron chi connectivity index (χ4n) is 4.51. The van der Waals surface area contributed by atoms with Crippen LogP contribution in [0.15, 0.2) is 30.4 Å². The van der Waals surface area contributed by atoms with Crippen molar-refractivity contribution in [2.75, 3.05) is 13.1 Å². The molecule has 0 bridgehead atoms. The summed E-state index contributed by atoms with van der Waals surface area (Å²) in [4.78, 5) is 54.2. The predicted molar refractivity (Wildman–Crippen MR) is 126 cm³/mol. The summed E-state index contributed by atoms with van der Waals surface area (Å²) in [6.45, 7) is 4.09. The lowest BCUT2D eigenvalue weighted by atomic mass is 9.85. The average Bonchev–Trinajstić information content (AvgIpc) is 3.04. The number of hydrogen-bond acceptors (Lipinski definition) is 4. The minimum absolute atomic E-state index is 0.0118. The molecule has 0 saturated carbocycles. The highest BCUT2D eigenvalue weighted by molar-refractivity contribution is 6.36. The van der Waals surface area contributed by atoms with Crippen LogP contribution in [0.2, 0.25) is 10.0 Å². The van der Waals surface area contributed by atoms with Crippen LogP contribution in [0.25, 0.3) is 0 Å². The molecule has 4 amide bonds. The molecule has 0 aromatic heterocycles. The molecule has 1 unspecified atom stereocenters. The van der Waals surface area contributed by atoms with Crippen molar-refractivity contribution in [2.24, 2.45) is 11.8 Å². The number of benzene rings is 1. The third kappa shape index (κ3) is 5.41. The summed E-state index contributed by atoms with van der Waals surface area (Å²) in [6, 6.07) is 4.33. The lowest BCUT2D eigenvalue weighted by molar-refractivity contribution is -0.144. The zero-order valence-electron chi connectivity index (χ0n) is 18.9. The largest absolute Gasteiger partial charge is 0.355 e. The Morgan fingerprint density at radius 1 is 1.09 bits per heavy atom. The number of hydrogen-bond donors (Lipinski definition) is 1. The maximum Gasteiger partial charge on any atom is 0.242 e. The Morgan fingerprint density at radius 3 is 2.18 bits per heavy atom. The molecule has 0 radical (unpaired) electrons. The molecule has 1 aromatic rings. The number of carbonyl (C=O) groups excluding carboxylic acids is 4. The van der Waals surface area contributed by atoms with Gasteiger partial charge in [0.1, 0.15) is 6.04 Å². The number of fused-ring (bicyclic) bond motifs is 1. The van der Waals surface area contributed by atoms with Crippen LogP contribution in [0.5, 0.6) is 0 Å². The highest BCUT2D eigenvalue weighted by atomic mass is 35.5. The van der Waals surface area contributed by atoms with Gasteiger partial charge in [0, 0.05) is 41.7 Å². The van der Waals surface area contributed by atoms with Gasteiger partial charge in [-0.25, -0.2) is 0 Å². The summed E-state index contributed by atoms with van der Waals surface area (Å²) in [7, 11) is 0. The maximum absolute atomic E-state index is 13.4. The van der Waals surface area contributed by atoms with E-state index in [-0.39, 0.29) is 55.0 Å². The molecule has 1 saturated heterocycles. The quantitative estimate of drug-likeness (QED) is 0.420. The monoisotopic (exact) mass is 493 g/mol. The number of halogens is 2. The first-order valence-corrected chi connectivity index (χ1v) is 12.1. The van der Waals surface area contributed by atoms with Gasteiger partial charge in [-0.05, 0) is 38.3 Å². The second kappa shape index (κ2) is 11.2. The summed E-state index contributed by atoms with van der Waals surface area (Å²) in [6.07, 6.45) is 5.25. The number of nitrogens with zero attached hydrogens (tertiary/aromatic N) is 2. The molecule has 1 N–H and O–H groups in total. The molecular formula is C24H29Cl2N3O4. The van der Waals surface area contributed by atoms with E-state index in [4.69, 9.17) is 23.2 Å². The van der Waals surface area contributed by atoms with Crippen LogP contribution in [0.3, 0.4) is 0 Å². The first kappa shape index (κ1) is 25.2. The molecule has 1 fully saturated rings. The average molecular weight is 494 g/mol. The van der Waals surface area contributed by atoms with Crippen molar-refractivity contribution in [1.29, 1.82) is 0 Å². The third-order valence-corrected chi connectivity index (χ3v) is 6.98. The van der Waals surface area contributed by atoms with Crippen LogP contribution >= 0.6 is 23.2 Å². The lowest BCUT2D eigenvalue weighted by Crippen LogP contribution is -2.49. The SMILES string of the molecule is CCNC(=O)C(CC)N(Cc1c(Cl)cccc1Cl)C(=O)CCN1C(=O)[C@H]2CC=CC[C@H]2C1=O. The molecule has 33 heavy (non-hydrogen) atoms. The zero-order chi connectivity index (χ0) is 24.1. The zero-order valence-corrected chi connectivity index (χ0v) is 20.4. The molecule has 7 nitrogen and oxygen atoms in total. The van der Waals surface area contributed by atoms with Gasteiger partial charge in [-0.3, -0.25) is 24.1 Å². The summed E-state index contributed by atoms with van der Waals surface area (Å²) in [5.74, 6) is -1.75. The standard InChI is InChI=1S/C24H29Cl2N3O4/c1-3-20(22(31)27-4-2)29(14-17-18(25)10-7-11-19(17)26)21(30)12-13-28-23(32)15-8-5-6-9-16(15)24(28)33/h5-7,10-11,15-16,20H,3-4,8-9,12-14H2,1-2H3,(H,27,31)/t15-,16+,20?. The second-order valence-electron chi connectivity index (χ2n) is 8.27. The highest BCUT2D eigenvalue weighted by Gasteiger charge is 2.47. The first-order valence-electron chi connectivity index (χ1n) is 11.3. The second-order valence-corrected chi connectivity index (χ2v) is 9.09. The van der Waals surface area contributed by atoms with Crippen molar-refractivity contribution in [2.45, 2.75) is 52.1 Å². The van der Waals surface area contributed by atoms with Crippen LogP contribution in [0.1, 0.15) is 45.1 Å². The summed E-state index contributed by atoms with van der Waals surface area (Å²) in [5, 5.41) is 3.56. The number of imide groups is 1. The van der Waals surface area contributed by atoms with E-state index >= 15 is 0 Å². The number of amides is 4. The minimum Gasteiger partial charge on any atom is -0.355 e. The van der Waals surface area contributed by atoms with Gasteiger partial charge in [0.25, 0.3) is 0 Å². The van der Waals surface area contributed by atoms with Crippen LogP contribution in [-0.2, 0) is 25.7 Å². The van der Waals surface area contributed by atoms with E-state index in [1.165, 1.54) is 9.80 Å². The van der Waals surface area contributed by atoms with Crippen molar-refractivity contribution in [3.8, 4) is 0 Å². The molecule has 1 aliphatic carbocycles. The number of carbonyl (C=O) groups is 4. The van der Waals surface area contributed by atoms with Gasteiger partial charge in [0.2, 0.25) is 23.6 Å². The topological polar surface area (TPSA) is 86.8 Å². The number of nitrogens with one attached hydrogen (secondary N) is 1. The Labute approximate surface area is 204 Å². The van der Waals surface area contributed by atoms with Crippen LogP contribution in [0.4, 0.5) is 0 Å². The number of likely N-dealkylation sites (tertiary alicyclic amines) is 1. The van der Waals surface area contributed by atoms with Gasteiger partial charge in [0.05, 0.1) is 11.8 Å². The molecule has 1 heterocycles. The number of likely N-dealkylation sites (N-methyl/N-ethyl adjacent to an activating group) is 1. The molecule has 3 atom stereocenters. The van der Waals surface area contributed by atoms with Crippen LogP contribution in [0, 0.1) is 11.8 Å². The van der Waals surface area contributed by atoms with Gasteiger partial charge in [0.15, 0.2) is 0 Å². The lowest BCUT2D eigenvalue weighted by Gasteiger charge is -2.31. The summed E-state index contributed by atoms with van der Waals surface area (Å²) in [5.41, 5.74) is 0.544. The van der Waals surface area contributed by atoms with Gasteiger partial charge in [-0.2, -0.15) is 0 Å². The van der Waals surface area contributed by atoms with Gasteiger partial charge >= 0.3 is 0 Å². The number of allylic oxidation sites excluding steroid dienone is 2. The van der Waals surface area contributed by atoms with E-state index in [1.54, 1.807) is 25.1 Å². The highest BCUT2D eigenvalue weighted by Crippen LogP contribution is 2.35. The molecule has 0 spiro atoms. The Morgan fingerprint density at radius 2 is 1.67 bits per heavy atom. The van der Waals surface area contributed by atoms with E-state index in [0.29, 0.717) is 41.4 Å². The molecule has 1 aliphatic heterocycles. The molecule has 3 rings (SSSR count). The van der Waals surface area contributed by atoms with Crippen LogP contribution < -0.4 is 5.32 Å². The Balaban J connectivity index is 1.79. The Bertz CT molecular complexity index is 919. The normalized spacial score (nSPS) is 20.5. The molecular weight excluding hydrogens is 465 g/mol. The van der Waals surface area contributed by atoms with Crippen molar-refractivity contribution >= 4 is 46.8 Å². The maximum atomic E-state index is 13.4. The first-order chi connectivity index (χ1) is 15.8. The van der Waals surface area contributed by atoms with E-state index in [1.807, 2.05) is 19.1 Å². The summed E-state index contributed by atoms with van der Waals surface area (Å²) >= 11 is 12.7. The Hall–Kier alpha value is -2.38. The van der Waals surface area contributed by atoms with Gasteiger partial charge in [-0.1, -0.05) is 48.3 Å². The van der Waals surface area contributed by atoms with Crippen molar-refractivity contribution in [3.63, 3.8) is 0 Å². The fourth-order valence-corrected chi connectivity index (χ4v) is 5.02. The van der Waals surface area contributed by atoms with Gasteiger partial charge < -0.3 is 10.2 Å². The Kier molecular flexibility index (Phi) is 8.54. The number of rotatable bonds is 9. The van der Waals surface area contributed by atoms with E-state index < -0.39 is 6.04 Å². The van der Waals surface area contributed by atoms with Crippen molar-refractivity contribution in [3.05, 3.63) is 46.0 Å². The van der Waals surface area contributed by atoms with E-state index in [2.05, 4.69) is 5.32 Å².